The Kier molecular flexibility index (Phi) is 6.01. The van der Waals surface area contributed by atoms with Crippen LogP contribution >= 0.6 is 0 Å². The molecule has 0 radical (unpaired) electrons. The molecule has 1 aliphatic heterocycles. The number of rotatable bonds is 8. The van der Waals surface area contributed by atoms with E-state index in [-0.39, 0.29) is 5.92 Å². The zero-order valence-corrected chi connectivity index (χ0v) is 16.2. The van der Waals surface area contributed by atoms with Gasteiger partial charge in [0, 0.05) is 25.4 Å². The highest BCUT2D eigenvalue weighted by Gasteiger charge is 2.75. The van der Waals surface area contributed by atoms with Crippen LogP contribution in [0.1, 0.15) is 64.7 Å². The first-order chi connectivity index (χ1) is 12.5. The second-order valence-corrected chi connectivity index (χ2v) is 8.22. The van der Waals surface area contributed by atoms with Crippen LogP contribution in [0.2, 0.25) is 0 Å². The van der Waals surface area contributed by atoms with Gasteiger partial charge in [0.1, 0.15) is 11.2 Å². The van der Waals surface area contributed by atoms with Crippen LogP contribution in [0.4, 0.5) is 0 Å². The van der Waals surface area contributed by atoms with Gasteiger partial charge in [0.25, 0.3) is 0 Å². The molecule has 2 N–H and O–H groups in total. The van der Waals surface area contributed by atoms with Crippen LogP contribution in [0.15, 0.2) is 0 Å². The van der Waals surface area contributed by atoms with Crippen molar-refractivity contribution in [2.45, 2.75) is 87.8 Å². The van der Waals surface area contributed by atoms with Crippen molar-refractivity contribution in [3.63, 3.8) is 0 Å². The Hall–Kier alpha value is -0.640. The van der Waals surface area contributed by atoms with E-state index in [0.717, 1.165) is 19.3 Å². The number of aliphatic hydroxyl groups excluding tert-OH is 1. The van der Waals surface area contributed by atoms with E-state index in [1.807, 2.05) is 0 Å². The van der Waals surface area contributed by atoms with E-state index in [2.05, 4.69) is 12.8 Å². The lowest BCUT2D eigenvalue weighted by molar-refractivity contribution is -0.392. The maximum atomic E-state index is 11.3. The molecule has 5 atom stereocenters. The largest absolute Gasteiger partial charge is 0.393 e. The summed E-state index contributed by atoms with van der Waals surface area (Å²) in [6.07, 6.45) is 12.9. The van der Waals surface area contributed by atoms with Crippen LogP contribution in [-0.4, -0.2) is 53.6 Å². The predicted molar refractivity (Wildman–Crippen MR) is 98.4 cm³/mol. The van der Waals surface area contributed by atoms with Crippen LogP contribution < -0.4 is 0 Å². The highest BCUT2D eigenvalue weighted by Crippen LogP contribution is 2.64. The molecule has 0 bridgehead atoms. The molecular formula is C21H34O5. The summed E-state index contributed by atoms with van der Waals surface area (Å²) in [5.74, 6) is 1.42. The highest BCUT2D eigenvalue weighted by atomic mass is 16.8. The molecule has 0 amide bonds. The maximum Gasteiger partial charge on any atom is 0.198 e. The molecule has 3 aliphatic rings. The zero-order chi connectivity index (χ0) is 18.8. The quantitative estimate of drug-likeness (QED) is 0.511. The van der Waals surface area contributed by atoms with Crippen molar-refractivity contribution >= 4 is 0 Å². The number of aliphatic hydroxyl groups is 2. The average Bonchev–Trinajstić information content (AvgIpc) is 3.13. The number of ether oxygens (including phenoxy) is 3. The second-order valence-electron chi connectivity index (χ2n) is 8.22. The fraction of sp³-hybridized carbons (Fsp3) is 0.905. The highest BCUT2D eigenvalue weighted by molar-refractivity contribution is 5.24. The SMILES string of the molecule is C#C[C@](O)(CCCCCCC)[C@H]1[C@H](O)CC[C@@]2(OC)[C@@H]1CC21OCCO1. The fourth-order valence-electron chi connectivity index (χ4n) is 5.59. The second kappa shape index (κ2) is 7.77. The Labute approximate surface area is 157 Å². The van der Waals surface area contributed by atoms with Gasteiger partial charge in [0.05, 0.1) is 19.3 Å². The van der Waals surface area contributed by atoms with E-state index in [1.54, 1.807) is 7.11 Å². The first-order valence-electron chi connectivity index (χ1n) is 10.2. The number of unbranched alkanes of at least 4 members (excludes halogenated alkanes) is 4. The van der Waals surface area contributed by atoms with E-state index in [4.69, 9.17) is 20.6 Å². The first kappa shape index (κ1) is 20.1. The summed E-state index contributed by atoms with van der Waals surface area (Å²) in [6.45, 7) is 3.30. The van der Waals surface area contributed by atoms with Crippen LogP contribution in [0.3, 0.4) is 0 Å². The molecule has 1 heterocycles. The van der Waals surface area contributed by atoms with Gasteiger partial charge in [-0.1, -0.05) is 38.5 Å². The topological polar surface area (TPSA) is 68.2 Å². The molecule has 26 heavy (non-hydrogen) atoms. The molecule has 2 aliphatic carbocycles. The predicted octanol–water partition coefficient (Wildman–Crippen LogP) is 2.63. The van der Waals surface area contributed by atoms with Crippen LogP contribution in [-0.2, 0) is 14.2 Å². The first-order valence-corrected chi connectivity index (χ1v) is 10.2. The molecule has 0 aromatic carbocycles. The van der Waals surface area contributed by atoms with Crippen LogP contribution in [0, 0.1) is 24.2 Å². The van der Waals surface area contributed by atoms with Gasteiger partial charge in [-0.15, -0.1) is 6.42 Å². The maximum absolute atomic E-state index is 11.3. The Morgan fingerprint density at radius 2 is 1.92 bits per heavy atom. The average molecular weight is 366 g/mol. The lowest BCUT2D eigenvalue weighted by Crippen LogP contribution is -2.77. The minimum absolute atomic E-state index is 0.0639. The normalized spacial score (nSPS) is 37.6. The van der Waals surface area contributed by atoms with E-state index in [0.29, 0.717) is 38.9 Å². The third kappa shape index (κ3) is 3.00. The van der Waals surface area contributed by atoms with Crippen molar-refractivity contribution in [3.8, 4) is 12.3 Å². The summed E-state index contributed by atoms with van der Waals surface area (Å²) in [7, 11) is 1.67. The Bertz CT molecular complexity index is 523. The van der Waals surface area contributed by atoms with Gasteiger partial charge in [-0.25, -0.2) is 0 Å². The summed E-state index contributed by atoms with van der Waals surface area (Å²) in [5.41, 5.74) is -1.94. The molecule has 0 aromatic heterocycles. The summed E-state index contributed by atoms with van der Waals surface area (Å²) in [5, 5.41) is 22.0. The van der Waals surface area contributed by atoms with Gasteiger partial charge >= 0.3 is 0 Å². The lowest BCUT2D eigenvalue weighted by atomic mass is 9.49. The molecule has 1 saturated heterocycles. The molecule has 0 aromatic rings. The Morgan fingerprint density at radius 3 is 2.54 bits per heavy atom. The smallest absolute Gasteiger partial charge is 0.198 e. The van der Waals surface area contributed by atoms with Gasteiger partial charge in [0.2, 0.25) is 0 Å². The van der Waals surface area contributed by atoms with Crippen LogP contribution in [0.5, 0.6) is 0 Å². The van der Waals surface area contributed by atoms with Crippen molar-refractivity contribution in [1.82, 2.24) is 0 Å². The molecule has 1 spiro atoms. The van der Waals surface area contributed by atoms with Crippen molar-refractivity contribution < 1.29 is 24.4 Å². The van der Waals surface area contributed by atoms with Crippen molar-refractivity contribution in [3.05, 3.63) is 0 Å². The summed E-state index contributed by atoms with van der Waals surface area (Å²) >= 11 is 0. The third-order valence-corrected chi connectivity index (χ3v) is 6.97. The molecule has 2 saturated carbocycles. The van der Waals surface area contributed by atoms with Gasteiger partial charge in [-0.05, 0) is 25.7 Å². The van der Waals surface area contributed by atoms with Gasteiger partial charge in [-0.2, -0.15) is 0 Å². The number of hydrogen-bond donors (Lipinski definition) is 2. The van der Waals surface area contributed by atoms with E-state index >= 15 is 0 Å². The number of hydrogen-bond acceptors (Lipinski definition) is 5. The number of terminal acetylenes is 1. The van der Waals surface area contributed by atoms with Gasteiger partial charge in [0.15, 0.2) is 5.79 Å². The molecule has 148 valence electrons. The molecule has 5 heteroatoms. The van der Waals surface area contributed by atoms with E-state index < -0.39 is 29.0 Å². The Morgan fingerprint density at radius 1 is 1.23 bits per heavy atom. The molecule has 3 rings (SSSR count). The molecule has 3 fully saturated rings. The minimum Gasteiger partial charge on any atom is -0.393 e. The summed E-state index contributed by atoms with van der Waals surface area (Å²) in [6, 6.07) is 0. The molecular weight excluding hydrogens is 332 g/mol. The van der Waals surface area contributed by atoms with Gasteiger partial charge < -0.3 is 24.4 Å². The van der Waals surface area contributed by atoms with Gasteiger partial charge in [-0.3, -0.25) is 0 Å². The summed E-state index contributed by atoms with van der Waals surface area (Å²) in [4.78, 5) is 0. The third-order valence-electron chi connectivity index (χ3n) is 6.97. The van der Waals surface area contributed by atoms with Crippen LogP contribution in [0.25, 0.3) is 0 Å². The van der Waals surface area contributed by atoms with E-state index in [9.17, 15) is 10.2 Å². The Balaban J connectivity index is 1.75. The van der Waals surface area contributed by atoms with Crippen molar-refractivity contribution in [1.29, 1.82) is 0 Å². The monoisotopic (exact) mass is 366 g/mol. The van der Waals surface area contributed by atoms with Crippen molar-refractivity contribution in [2.24, 2.45) is 11.8 Å². The number of fused-ring (bicyclic) bond motifs is 2. The number of methoxy groups -OCH3 is 1. The minimum atomic E-state index is -1.32. The zero-order valence-electron chi connectivity index (χ0n) is 16.2. The standard InChI is InChI=1S/C21H34O5/c1-4-6-7-8-9-11-19(23,5-2)18-16-15-21(25-13-14-26-21)20(16,24-3)12-10-17(18)22/h2,16-18,22-23H,4,6-15H2,1,3H3/t16-,17-,18-,19+,20-/m1/s1. The molecule has 0 unspecified atom stereocenters. The summed E-state index contributed by atoms with van der Waals surface area (Å²) < 4.78 is 17.8. The van der Waals surface area contributed by atoms with Crippen molar-refractivity contribution in [2.75, 3.05) is 20.3 Å². The fourth-order valence-corrected chi connectivity index (χ4v) is 5.59. The lowest BCUT2D eigenvalue weighted by Gasteiger charge is -2.66. The van der Waals surface area contributed by atoms with E-state index in [1.165, 1.54) is 12.8 Å². The molecule has 5 nitrogen and oxygen atoms in total.